The molecule has 10 heavy (non-hydrogen) atoms. The van der Waals surface area contributed by atoms with Crippen LogP contribution in [0.2, 0.25) is 0 Å². The molecule has 0 spiro atoms. The summed E-state index contributed by atoms with van der Waals surface area (Å²) in [7, 11) is 0. The van der Waals surface area contributed by atoms with Gasteiger partial charge in [-0.3, -0.25) is 0 Å². The molecule has 2 heterocycles. The van der Waals surface area contributed by atoms with Gasteiger partial charge in [0.1, 0.15) is 0 Å². The van der Waals surface area contributed by atoms with E-state index in [4.69, 9.17) is 5.84 Å². The summed E-state index contributed by atoms with van der Waals surface area (Å²) >= 11 is 0. The molecule has 52 valence electrons. The number of nitrogens with zero attached hydrogens (tertiary/aromatic N) is 3. The first-order chi connectivity index (χ1) is 4.88. The van der Waals surface area contributed by atoms with Crippen molar-refractivity contribution in [1.29, 1.82) is 0 Å². The molecule has 0 atom stereocenters. The van der Waals surface area contributed by atoms with Gasteiger partial charge < -0.3 is 0 Å². The molecule has 2 rings (SSSR count). The Morgan fingerprint density at radius 3 is 3.20 bits per heavy atom. The Hall–Kier alpha value is -1.33. The molecule has 0 aromatic rings. The molecule has 0 amide bonds. The Morgan fingerprint density at radius 1 is 1.50 bits per heavy atom. The monoisotopic (exact) mass is 137 g/mol. The summed E-state index contributed by atoms with van der Waals surface area (Å²) in [5.74, 6) is 6.23. The highest BCUT2D eigenvalue weighted by Gasteiger charge is 2.19. The quantitative estimate of drug-likeness (QED) is 0.433. The first-order valence-corrected chi connectivity index (χ1v) is 2.90. The van der Waals surface area contributed by atoms with Gasteiger partial charge in [0.25, 0.3) is 0 Å². The van der Waals surface area contributed by atoms with Crippen LogP contribution < -0.4 is 11.4 Å². The molecule has 0 radical (unpaired) electrons. The lowest BCUT2D eigenvalue weighted by Gasteiger charge is -2.20. The highest BCUT2D eigenvalue weighted by atomic mass is 16.0. The van der Waals surface area contributed by atoms with Crippen LogP contribution >= 0.6 is 0 Å². The summed E-state index contributed by atoms with van der Waals surface area (Å²) in [6.45, 7) is 0. The van der Waals surface area contributed by atoms with Crippen molar-refractivity contribution in [1.82, 2.24) is 15.8 Å². The first-order valence-electron chi connectivity index (χ1n) is 2.90. The van der Waals surface area contributed by atoms with Crippen molar-refractivity contribution in [3.8, 4) is 0 Å². The number of rotatable bonds is 0. The number of hydrogen-bond donors (Lipinski definition) is 2. The fourth-order valence-corrected chi connectivity index (χ4v) is 0.847. The van der Waals surface area contributed by atoms with Crippen molar-refractivity contribution in [3.05, 3.63) is 24.4 Å². The van der Waals surface area contributed by atoms with Crippen LogP contribution in [0, 0.1) is 0 Å². The van der Waals surface area contributed by atoms with Crippen molar-refractivity contribution in [2.45, 2.75) is 0 Å². The third-order valence-electron chi connectivity index (χ3n) is 1.32. The number of hydrazine groups is 3. The molecule has 0 saturated carbocycles. The Kier molecular flexibility index (Phi) is 0.996. The molecule has 0 unspecified atom stereocenters. The van der Waals surface area contributed by atoms with Gasteiger partial charge in [0.2, 0.25) is 0 Å². The lowest BCUT2D eigenvalue weighted by molar-refractivity contribution is 0.0551. The Morgan fingerprint density at radius 2 is 2.40 bits per heavy atom. The van der Waals surface area contributed by atoms with E-state index in [-0.39, 0.29) is 0 Å². The van der Waals surface area contributed by atoms with Crippen LogP contribution in [0.1, 0.15) is 0 Å². The van der Waals surface area contributed by atoms with E-state index in [1.165, 1.54) is 5.23 Å². The molecule has 0 aromatic heterocycles. The molecule has 2 aliphatic rings. The second kappa shape index (κ2) is 1.83. The SMILES string of the molecule is NN1NN=C2C=CC=CN21. The average molecular weight is 137 g/mol. The minimum atomic E-state index is 0.796. The van der Waals surface area contributed by atoms with E-state index in [9.17, 15) is 0 Å². The van der Waals surface area contributed by atoms with Gasteiger partial charge in [-0.1, -0.05) is 6.08 Å². The number of hydrazone groups is 1. The van der Waals surface area contributed by atoms with Gasteiger partial charge >= 0.3 is 0 Å². The predicted octanol–water partition coefficient (Wildman–Crippen LogP) is -0.706. The third-order valence-corrected chi connectivity index (χ3v) is 1.32. The zero-order chi connectivity index (χ0) is 6.97. The van der Waals surface area contributed by atoms with Crippen molar-refractivity contribution in [2.75, 3.05) is 0 Å². The highest BCUT2D eigenvalue weighted by molar-refractivity contribution is 5.94. The van der Waals surface area contributed by atoms with E-state index in [0.29, 0.717) is 0 Å². The fraction of sp³-hybridized carbons (Fsp3) is 0. The molecule has 3 N–H and O–H groups in total. The van der Waals surface area contributed by atoms with E-state index in [1.54, 1.807) is 5.01 Å². The van der Waals surface area contributed by atoms with E-state index in [0.717, 1.165) is 5.84 Å². The van der Waals surface area contributed by atoms with Crippen LogP contribution in [0.15, 0.2) is 29.5 Å². The molecule has 5 heteroatoms. The van der Waals surface area contributed by atoms with E-state index >= 15 is 0 Å². The molecule has 0 fully saturated rings. The second-order valence-corrected chi connectivity index (χ2v) is 1.96. The van der Waals surface area contributed by atoms with Crippen molar-refractivity contribution in [2.24, 2.45) is 10.9 Å². The van der Waals surface area contributed by atoms with Gasteiger partial charge in [-0.2, -0.15) is 0 Å². The van der Waals surface area contributed by atoms with Gasteiger partial charge in [-0.25, -0.2) is 16.4 Å². The maximum Gasteiger partial charge on any atom is 0.171 e. The van der Waals surface area contributed by atoms with Crippen LogP contribution in [0.3, 0.4) is 0 Å². The maximum absolute atomic E-state index is 5.44. The van der Waals surface area contributed by atoms with Crippen molar-refractivity contribution >= 4 is 5.84 Å². The zero-order valence-electron chi connectivity index (χ0n) is 5.23. The lowest BCUT2D eigenvalue weighted by atomic mass is 10.4. The molecule has 0 bridgehead atoms. The lowest BCUT2D eigenvalue weighted by Crippen LogP contribution is -2.47. The Labute approximate surface area is 58.0 Å². The van der Waals surface area contributed by atoms with E-state index < -0.39 is 0 Å². The molecule has 5 nitrogen and oxygen atoms in total. The molecule has 0 saturated heterocycles. The van der Waals surface area contributed by atoms with Crippen molar-refractivity contribution < 1.29 is 0 Å². The van der Waals surface area contributed by atoms with Gasteiger partial charge in [-0.05, 0) is 17.4 Å². The van der Waals surface area contributed by atoms with Crippen LogP contribution in [0.4, 0.5) is 0 Å². The normalized spacial score (nSPS) is 22.5. The zero-order valence-corrected chi connectivity index (χ0v) is 5.23. The first kappa shape index (κ1) is 5.45. The number of hydrogen-bond acceptors (Lipinski definition) is 5. The molecular formula is C5H7N5. The van der Waals surface area contributed by atoms with Crippen LogP contribution in [-0.2, 0) is 0 Å². The van der Waals surface area contributed by atoms with Crippen LogP contribution in [0.5, 0.6) is 0 Å². The molecular weight excluding hydrogens is 130 g/mol. The second-order valence-electron chi connectivity index (χ2n) is 1.96. The topological polar surface area (TPSA) is 56.9 Å². The third kappa shape index (κ3) is 0.615. The summed E-state index contributed by atoms with van der Waals surface area (Å²) in [6.07, 6.45) is 7.46. The summed E-state index contributed by atoms with van der Waals surface area (Å²) in [5.41, 5.74) is 2.58. The number of fused-ring (bicyclic) bond motifs is 1. The highest BCUT2D eigenvalue weighted by Crippen LogP contribution is 2.06. The van der Waals surface area contributed by atoms with Crippen molar-refractivity contribution in [3.63, 3.8) is 0 Å². The standard InChI is InChI=1S/C5H7N5/c6-10-8-7-5-3-1-2-4-9(5)10/h1-4,8H,6H2. The minimum absolute atomic E-state index is 0.796. The molecule has 0 aliphatic carbocycles. The average Bonchev–Trinajstić information content (AvgIpc) is 2.34. The number of amidine groups is 1. The largest absolute Gasteiger partial charge is 0.230 e. The summed E-state index contributed by atoms with van der Waals surface area (Å²) in [5, 5.41) is 6.89. The number of nitrogens with two attached hydrogens (primary N) is 1. The van der Waals surface area contributed by atoms with Gasteiger partial charge in [0.15, 0.2) is 5.84 Å². The summed E-state index contributed by atoms with van der Waals surface area (Å²) < 4.78 is 0. The fourth-order valence-electron chi connectivity index (χ4n) is 0.847. The van der Waals surface area contributed by atoms with Gasteiger partial charge in [-0.15, -0.1) is 5.10 Å². The van der Waals surface area contributed by atoms with E-state index in [1.807, 2.05) is 24.4 Å². The minimum Gasteiger partial charge on any atom is -0.230 e. The number of nitrogens with one attached hydrogen (secondary N) is 1. The smallest absolute Gasteiger partial charge is 0.171 e. The summed E-state index contributed by atoms with van der Waals surface area (Å²) in [4.78, 5) is 0. The molecule has 2 aliphatic heterocycles. The van der Waals surface area contributed by atoms with Gasteiger partial charge in [0, 0.05) is 6.20 Å². The predicted molar refractivity (Wildman–Crippen MR) is 36.7 cm³/mol. The van der Waals surface area contributed by atoms with Crippen LogP contribution in [-0.4, -0.2) is 16.1 Å². The van der Waals surface area contributed by atoms with Gasteiger partial charge in [0.05, 0.1) is 0 Å². The maximum atomic E-state index is 5.44. The summed E-state index contributed by atoms with van der Waals surface area (Å²) in [6, 6.07) is 0. The van der Waals surface area contributed by atoms with Crippen LogP contribution in [0.25, 0.3) is 0 Å². The Balaban J connectivity index is 2.30. The van der Waals surface area contributed by atoms with E-state index in [2.05, 4.69) is 10.6 Å². The number of allylic oxidation sites excluding steroid dienone is 2. The molecule has 0 aromatic carbocycles. The Bertz CT molecular complexity index is 228.